The van der Waals surface area contributed by atoms with Crippen LogP contribution in [0.1, 0.15) is 44.6 Å². The number of ether oxygens (including phenoxy) is 1. The molecule has 1 fully saturated rings. The molecule has 1 aromatic rings. The highest BCUT2D eigenvalue weighted by Crippen LogP contribution is 2.43. The van der Waals surface area contributed by atoms with Crippen LogP contribution in [0.2, 0.25) is 0 Å². The first-order chi connectivity index (χ1) is 11.7. The molecule has 0 bridgehead atoms. The Balaban J connectivity index is 2.42. The molecular weight excluding hydrogens is 296 g/mol. The summed E-state index contributed by atoms with van der Waals surface area (Å²) < 4.78 is 5.33. The Bertz CT molecular complexity index is 598. The number of esters is 1. The first-order valence-corrected chi connectivity index (χ1v) is 8.88. The maximum atomic E-state index is 12.5. The van der Waals surface area contributed by atoms with E-state index in [-0.39, 0.29) is 17.8 Å². The van der Waals surface area contributed by atoms with Crippen molar-refractivity contribution < 1.29 is 9.53 Å². The fourth-order valence-corrected chi connectivity index (χ4v) is 3.76. The molecule has 0 radical (unpaired) electrons. The summed E-state index contributed by atoms with van der Waals surface area (Å²) in [6.45, 7) is 10.1. The number of allylic oxidation sites excluding steroid dienone is 4. The van der Waals surface area contributed by atoms with Crippen molar-refractivity contribution >= 4 is 11.5 Å². The zero-order chi connectivity index (χ0) is 17.4. The predicted octanol–water partition coefficient (Wildman–Crippen LogP) is 5.57. The molecule has 0 spiro atoms. The van der Waals surface area contributed by atoms with Gasteiger partial charge < -0.3 is 4.74 Å². The molecule has 0 saturated heterocycles. The van der Waals surface area contributed by atoms with E-state index in [1.807, 2.05) is 25.1 Å². The molecule has 1 aliphatic rings. The van der Waals surface area contributed by atoms with E-state index in [4.69, 9.17) is 4.74 Å². The van der Waals surface area contributed by atoms with Crippen molar-refractivity contribution in [3.05, 3.63) is 66.8 Å². The summed E-state index contributed by atoms with van der Waals surface area (Å²) in [4.78, 5) is 12.5. The lowest BCUT2D eigenvalue weighted by atomic mass is 9.81. The first-order valence-electron chi connectivity index (χ1n) is 8.88. The van der Waals surface area contributed by atoms with Crippen molar-refractivity contribution in [2.75, 3.05) is 6.61 Å². The monoisotopic (exact) mass is 324 g/mol. The van der Waals surface area contributed by atoms with Gasteiger partial charge in [-0.2, -0.15) is 0 Å². The lowest BCUT2D eigenvalue weighted by Crippen LogP contribution is -2.25. The number of carbonyl (C=O) groups is 1. The highest BCUT2D eigenvalue weighted by atomic mass is 16.5. The van der Waals surface area contributed by atoms with E-state index in [2.05, 4.69) is 37.4 Å². The minimum Gasteiger partial charge on any atom is -0.466 e. The third kappa shape index (κ3) is 4.25. The molecule has 0 N–H and O–H groups in total. The Morgan fingerprint density at radius 2 is 2.04 bits per heavy atom. The molecule has 1 saturated carbocycles. The van der Waals surface area contributed by atoms with E-state index < -0.39 is 0 Å². The smallest absolute Gasteiger partial charge is 0.309 e. The predicted molar refractivity (Wildman–Crippen MR) is 100 cm³/mol. The molecule has 2 atom stereocenters. The van der Waals surface area contributed by atoms with Crippen molar-refractivity contribution in [2.24, 2.45) is 11.8 Å². The summed E-state index contributed by atoms with van der Waals surface area (Å²) in [5.41, 5.74) is 3.97. The normalized spacial score (nSPS) is 20.3. The molecule has 0 heterocycles. The van der Waals surface area contributed by atoms with Crippen molar-refractivity contribution in [1.82, 2.24) is 0 Å². The summed E-state index contributed by atoms with van der Waals surface area (Å²) in [5.74, 6) is 0.0356. The zero-order valence-corrected chi connectivity index (χ0v) is 14.7. The Morgan fingerprint density at radius 1 is 1.29 bits per heavy atom. The molecule has 1 aromatic carbocycles. The second kappa shape index (κ2) is 9.27. The summed E-state index contributed by atoms with van der Waals surface area (Å²) in [5, 5.41) is 0. The maximum Gasteiger partial charge on any atom is 0.309 e. The molecular formula is C22H28O2. The lowest BCUT2D eigenvalue weighted by Gasteiger charge is -2.24. The van der Waals surface area contributed by atoms with Gasteiger partial charge in [0.15, 0.2) is 0 Å². The minimum absolute atomic E-state index is 0.0900. The number of hydrogen-bond acceptors (Lipinski definition) is 2. The van der Waals surface area contributed by atoms with Crippen molar-refractivity contribution in [2.45, 2.75) is 39.0 Å². The average molecular weight is 324 g/mol. The first kappa shape index (κ1) is 18.3. The topological polar surface area (TPSA) is 26.3 Å². The van der Waals surface area contributed by atoms with Crippen molar-refractivity contribution in [3.8, 4) is 0 Å². The van der Waals surface area contributed by atoms with Crippen LogP contribution in [0.15, 0.2) is 61.2 Å². The molecule has 2 unspecified atom stereocenters. The summed E-state index contributed by atoms with van der Waals surface area (Å²) in [6, 6.07) is 10.5. The standard InChI is InChI=1S/C22H28O2/c1-4-11-18(17-13-8-7-9-14-17)19-15-10-16-20(19)21(12-5-2)22(23)24-6-3/h4-5,7-9,13-14,20-21H,1-2,6,10-12,15-16H2,3H3/b19-18+. The summed E-state index contributed by atoms with van der Waals surface area (Å²) in [7, 11) is 0. The Morgan fingerprint density at radius 3 is 2.67 bits per heavy atom. The minimum atomic E-state index is -0.122. The largest absolute Gasteiger partial charge is 0.466 e. The molecule has 2 nitrogen and oxygen atoms in total. The van der Waals surface area contributed by atoms with Crippen LogP contribution in [0.4, 0.5) is 0 Å². The second-order valence-corrected chi connectivity index (χ2v) is 6.24. The van der Waals surface area contributed by atoms with Gasteiger partial charge in [-0.1, -0.05) is 48.1 Å². The molecule has 128 valence electrons. The molecule has 1 aliphatic carbocycles. The van der Waals surface area contributed by atoms with E-state index in [9.17, 15) is 4.79 Å². The third-order valence-electron chi connectivity index (χ3n) is 4.76. The fourth-order valence-electron chi connectivity index (χ4n) is 3.76. The fraction of sp³-hybridized carbons (Fsp3) is 0.409. The van der Waals surface area contributed by atoms with E-state index in [0.717, 1.165) is 25.7 Å². The molecule has 24 heavy (non-hydrogen) atoms. The van der Waals surface area contributed by atoms with Crippen molar-refractivity contribution in [1.29, 1.82) is 0 Å². The van der Waals surface area contributed by atoms with Gasteiger partial charge in [-0.15, -0.1) is 13.2 Å². The number of carbonyl (C=O) groups excluding carboxylic acids is 1. The van der Waals surface area contributed by atoms with Crippen LogP contribution in [0.25, 0.3) is 5.57 Å². The third-order valence-corrected chi connectivity index (χ3v) is 4.76. The van der Waals surface area contributed by atoms with E-state index in [0.29, 0.717) is 13.0 Å². The van der Waals surface area contributed by atoms with Crippen LogP contribution in [0.5, 0.6) is 0 Å². The lowest BCUT2D eigenvalue weighted by molar-refractivity contribution is -0.149. The summed E-state index contributed by atoms with van der Waals surface area (Å²) in [6.07, 6.45) is 8.52. The SMILES string of the molecule is C=CC/C(=C1/CCCC1C(CC=C)C(=O)OCC)c1ccccc1. The zero-order valence-electron chi connectivity index (χ0n) is 14.7. The van der Waals surface area contributed by atoms with Crippen LogP contribution in [-0.2, 0) is 9.53 Å². The van der Waals surface area contributed by atoms with Crippen LogP contribution in [0.3, 0.4) is 0 Å². The Labute approximate surface area is 145 Å². The average Bonchev–Trinajstić information content (AvgIpc) is 3.07. The highest BCUT2D eigenvalue weighted by molar-refractivity contribution is 5.76. The molecule has 2 rings (SSSR count). The Kier molecular flexibility index (Phi) is 7.05. The van der Waals surface area contributed by atoms with Gasteiger partial charge in [0, 0.05) is 0 Å². The van der Waals surface area contributed by atoms with Gasteiger partial charge in [0.2, 0.25) is 0 Å². The maximum absolute atomic E-state index is 12.5. The highest BCUT2D eigenvalue weighted by Gasteiger charge is 2.35. The quantitative estimate of drug-likeness (QED) is 0.461. The van der Waals surface area contributed by atoms with Gasteiger partial charge in [-0.25, -0.2) is 0 Å². The molecule has 0 amide bonds. The van der Waals surface area contributed by atoms with Gasteiger partial charge >= 0.3 is 5.97 Å². The van der Waals surface area contributed by atoms with E-state index in [1.54, 1.807) is 0 Å². The van der Waals surface area contributed by atoms with E-state index >= 15 is 0 Å². The van der Waals surface area contributed by atoms with Crippen LogP contribution in [0, 0.1) is 11.8 Å². The van der Waals surface area contributed by atoms with Crippen LogP contribution in [-0.4, -0.2) is 12.6 Å². The van der Waals surface area contributed by atoms with Gasteiger partial charge in [0.1, 0.15) is 0 Å². The molecule has 0 aliphatic heterocycles. The summed E-state index contributed by atoms with van der Waals surface area (Å²) >= 11 is 0. The van der Waals surface area contributed by atoms with Gasteiger partial charge in [0.25, 0.3) is 0 Å². The van der Waals surface area contributed by atoms with Crippen LogP contribution >= 0.6 is 0 Å². The van der Waals surface area contributed by atoms with Gasteiger partial charge in [0.05, 0.1) is 12.5 Å². The molecule has 2 heteroatoms. The number of hydrogen-bond donors (Lipinski definition) is 0. The van der Waals surface area contributed by atoms with Crippen molar-refractivity contribution in [3.63, 3.8) is 0 Å². The van der Waals surface area contributed by atoms with E-state index in [1.165, 1.54) is 16.7 Å². The Hall–Kier alpha value is -2.09. The van der Waals surface area contributed by atoms with Crippen LogP contribution < -0.4 is 0 Å². The number of benzene rings is 1. The second-order valence-electron chi connectivity index (χ2n) is 6.24. The molecule has 0 aromatic heterocycles. The number of rotatable bonds is 8. The van der Waals surface area contributed by atoms with Gasteiger partial charge in [-0.3, -0.25) is 4.79 Å². The van der Waals surface area contributed by atoms with Gasteiger partial charge in [-0.05, 0) is 56.1 Å².